The Morgan fingerprint density at radius 3 is 1.88 bits per heavy atom. The molecule has 0 amide bonds. The molecule has 0 spiro atoms. The first kappa shape index (κ1) is 24.4. The Hall–Kier alpha value is -1.65. The lowest BCUT2D eigenvalue weighted by Gasteiger charge is -2.08. The molecular weight excluding hydrogens is 328 g/mol. The smallest absolute Gasteiger partial charge is 0.302 e. The van der Waals surface area contributed by atoms with E-state index >= 15 is 0 Å². The summed E-state index contributed by atoms with van der Waals surface area (Å²) >= 11 is 0. The van der Waals surface area contributed by atoms with Crippen LogP contribution in [-0.4, -0.2) is 36.0 Å². The van der Waals surface area contributed by atoms with Gasteiger partial charge in [0.05, 0.1) is 13.2 Å². The fraction of sp³-hybridized carbons (Fsp3) is 0.591. The second-order valence-electron chi connectivity index (χ2n) is 6.75. The van der Waals surface area contributed by atoms with E-state index in [2.05, 4.69) is 19.1 Å². The first-order chi connectivity index (χ1) is 12.4. The van der Waals surface area contributed by atoms with E-state index in [1.54, 1.807) is 0 Å². The topological polar surface area (TPSA) is 66.8 Å². The zero-order valence-electron chi connectivity index (χ0n) is 16.9. The normalized spacial score (nSPS) is 13.9. The summed E-state index contributed by atoms with van der Waals surface area (Å²) in [6.07, 6.45) is 13.8. The summed E-state index contributed by atoms with van der Waals surface area (Å²) < 4.78 is 5.14. The van der Waals surface area contributed by atoms with Crippen LogP contribution in [0.3, 0.4) is 0 Å². The minimum atomic E-state index is -0.264. The average molecular weight is 365 g/mol. The molecular formula is C22H36O4. The number of hydrogen-bond acceptors (Lipinski definition) is 4. The zero-order valence-corrected chi connectivity index (χ0v) is 16.9. The third-order valence-electron chi connectivity index (χ3n) is 4.11. The van der Waals surface area contributed by atoms with Gasteiger partial charge in [-0.25, -0.2) is 0 Å². The Morgan fingerprint density at radius 2 is 1.31 bits per heavy atom. The van der Waals surface area contributed by atoms with Crippen molar-refractivity contribution in [3.05, 3.63) is 46.6 Å². The lowest BCUT2D eigenvalue weighted by molar-refractivity contribution is -0.140. The van der Waals surface area contributed by atoms with Crippen molar-refractivity contribution >= 4 is 5.97 Å². The summed E-state index contributed by atoms with van der Waals surface area (Å²) in [6, 6.07) is 0. The number of esters is 1. The van der Waals surface area contributed by atoms with Crippen LogP contribution in [0.1, 0.15) is 66.2 Å². The van der Waals surface area contributed by atoms with Gasteiger partial charge in [-0.15, -0.1) is 0 Å². The van der Waals surface area contributed by atoms with Crippen LogP contribution in [0.15, 0.2) is 46.6 Å². The standard InChI is InChI=1S/C22H36O4/c1-18(8-5-9-19(2)14-15-23)10-6-12-22(17-26-21(4)25)13-7-11-20(3)16-24/h8,11-12,14,23-24H,5-7,9-10,13,15-17H2,1-4H3. The molecule has 0 aliphatic heterocycles. The Labute approximate surface area is 159 Å². The summed E-state index contributed by atoms with van der Waals surface area (Å²) in [4.78, 5) is 11.1. The average Bonchev–Trinajstić information content (AvgIpc) is 2.59. The van der Waals surface area contributed by atoms with Gasteiger partial charge in [0, 0.05) is 6.92 Å². The van der Waals surface area contributed by atoms with Crippen LogP contribution in [0.25, 0.3) is 0 Å². The maximum absolute atomic E-state index is 11.1. The highest BCUT2D eigenvalue weighted by molar-refractivity contribution is 5.66. The van der Waals surface area contributed by atoms with Crippen molar-refractivity contribution in [2.24, 2.45) is 0 Å². The van der Waals surface area contributed by atoms with E-state index in [-0.39, 0.29) is 19.2 Å². The molecule has 2 N–H and O–H groups in total. The van der Waals surface area contributed by atoms with Gasteiger partial charge in [0.25, 0.3) is 0 Å². The summed E-state index contributed by atoms with van der Waals surface area (Å²) in [5.74, 6) is -0.264. The molecule has 4 heteroatoms. The highest BCUT2D eigenvalue weighted by atomic mass is 16.5. The van der Waals surface area contributed by atoms with Gasteiger partial charge in [0.1, 0.15) is 6.61 Å². The number of rotatable bonds is 13. The van der Waals surface area contributed by atoms with Crippen molar-refractivity contribution in [2.75, 3.05) is 19.8 Å². The molecule has 0 fully saturated rings. The molecule has 0 aromatic heterocycles. The monoisotopic (exact) mass is 364 g/mol. The van der Waals surface area contributed by atoms with Gasteiger partial charge < -0.3 is 14.9 Å². The van der Waals surface area contributed by atoms with Crippen molar-refractivity contribution in [3.63, 3.8) is 0 Å². The largest absolute Gasteiger partial charge is 0.461 e. The molecule has 0 aromatic rings. The molecule has 148 valence electrons. The predicted octanol–water partition coefficient (Wildman–Crippen LogP) is 4.64. The Morgan fingerprint density at radius 1 is 0.769 bits per heavy atom. The first-order valence-corrected chi connectivity index (χ1v) is 9.38. The van der Waals surface area contributed by atoms with E-state index in [0.29, 0.717) is 6.61 Å². The number of allylic oxidation sites excluding steroid dienone is 5. The molecule has 26 heavy (non-hydrogen) atoms. The number of hydrogen-bond donors (Lipinski definition) is 2. The molecule has 4 nitrogen and oxygen atoms in total. The van der Waals surface area contributed by atoms with Crippen molar-refractivity contribution in [2.45, 2.75) is 66.2 Å². The predicted molar refractivity (Wildman–Crippen MR) is 108 cm³/mol. The zero-order chi connectivity index (χ0) is 19.8. The van der Waals surface area contributed by atoms with Crippen LogP contribution < -0.4 is 0 Å². The second-order valence-corrected chi connectivity index (χ2v) is 6.75. The van der Waals surface area contributed by atoms with Crippen LogP contribution in [0.4, 0.5) is 0 Å². The van der Waals surface area contributed by atoms with Crippen LogP contribution in [-0.2, 0) is 9.53 Å². The lowest BCUT2D eigenvalue weighted by atomic mass is 10.0. The van der Waals surface area contributed by atoms with E-state index in [1.165, 1.54) is 18.1 Å². The van der Waals surface area contributed by atoms with Gasteiger partial charge >= 0.3 is 5.97 Å². The molecule has 0 bridgehead atoms. The highest BCUT2D eigenvalue weighted by Crippen LogP contribution is 2.14. The molecule has 0 aliphatic rings. The van der Waals surface area contributed by atoms with E-state index in [1.807, 2.05) is 26.0 Å². The third-order valence-corrected chi connectivity index (χ3v) is 4.11. The quantitative estimate of drug-likeness (QED) is 0.369. The van der Waals surface area contributed by atoms with E-state index < -0.39 is 0 Å². The van der Waals surface area contributed by atoms with E-state index in [9.17, 15) is 4.79 Å². The minimum absolute atomic E-state index is 0.0833. The maximum atomic E-state index is 11.1. The van der Waals surface area contributed by atoms with Gasteiger partial charge in [-0.3, -0.25) is 4.79 Å². The van der Waals surface area contributed by atoms with Crippen LogP contribution >= 0.6 is 0 Å². The molecule has 0 saturated carbocycles. The van der Waals surface area contributed by atoms with Gasteiger partial charge in [-0.1, -0.05) is 41.0 Å². The number of aliphatic hydroxyl groups excluding tert-OH is 2. The number of carbonyl (C=O) groups is 1. The maximum Gasteiger partial charge on any atom is 0.302 e. The van der Waals surface area contributed by atoms with Gasteiger partial charge in [0.15, 0.2) is 0 Å². The fourth-order valence-corrected chi connectivity index (χ4v) is 2.41. The van der Waals surface area contributed by atoms with Crippen molar-refractivity contribution in [1.29, 1.82) is 0 Å². The first-order valence-electron chi connectivity index (χ1n) is 9.38. The SMILES string of the molecule is CC(=O)OCC(=CCCC(C)=CCCC(C)=CCO)CCC=C(C)CO. The number of aliphatic hydroxyl groups is 2. The van der Waals surface area contributed by atoms with Crippen LogP contribution in [0.2, 0.25) is 0 Å². The van der Waals surface area contributed by atoms with Gasteiger partial charge in [-0.05, 0) is 64.9 Å². The van der Waals surface area contributed by atoms with Crippen molar-refractivity contribution in [1.82, 2.24) is 0 Å². The van der Waals surface area contributed by atoms with Gasteiger partial charge in [-0.2, -0.15) is 0 Å². The summed E-state index contributed by atoms with van der Waals surface area (Å²) in [5, 5.41) is 17.9. The third kappa shape index (κ3) is 14.7. The summed E-state index contributed by atoms with van der Waals surface area (Å²) in [5.41, 5.74) is 4.64. The molecule has 0 atom stereocenters. The van der Waals surface area contributed by atoms with E-state index in [4.69, 9.17) is 14.9 Å². The Bertz CT molecular complexity index is 524. The molecule has 0 saturated heterocycles. The van der Waals surface area contributed by atoms with Crippen LogP contribution in [0.5, 0.6) is 0 Å². The van der Waals surface area contributed by atoms with Gasteiger partial charge in [0.2, 0.25) is 0 Å². The fourth-order valence-electron chi connectivity index (χ4n) is 2.41. The minimum Gasteiger partial charge on any atom is -0.461 e. The molecule has 0 rings (SSSR count). The Kier molecular flexibility index (Phi) is 14.6. The van der Waals surface area contributed by atoms with Crippen molar-refractivity contribution < 1.29 is 19.7 Å². The number of carbonyl (C=O) groups excluding carboxylic acids is 1. The lowest BCUT2D eigenvalue weighted by Crippen LogP contribution is -2.03. The molecule has 0 aromatic carbocycles. The highest BCUT2D eigenvalue weighted by Gasteiger charge is 2.01. The summed E-state index contributed by atoms with van der Waals surface area (Å²) in [6.45, 7) is 8.04. The summed E-state index contributed by atoms with van der Waals surface area (Å²) in [7, 11) is 0. The van der Waals surface area contributed by atoms with Crippen molar-refractivity contribution in [3.8, 4) is 0 Å². The molecule has 0 heterocycles. The molecule has 0 unspecified atom stereocenters. The van der Waals surface area contributed by atoms with Crippen LogP contribution in [0, 0.1) is 0 Å². The Balaban J connectivity index is 4.47. The second kappa shape index (κ2) is 15.6. The molecule has 0 aliphatic carbocycles. The number of ether oxygens (including phenoxy) is 1. The molecule has 0 radical (unpaired) electrons. The van der Waals surface area contributed by atoms with E-state index in [0.717, 1.165) is 49.7 Å².